The first-order chi connectivity index (χ1) is 16.0. The fraction of sp³-hybridized carbons (Fsp3) is 0.231. The lowest BCUT2D eigenvalue weighted by molar-refractivity contribution is 0.0992. The Morgan fingerprint density at radius 2 is 1.76 bits per heavy atom. The number of rotatable bonds is 9. The average molecular weight is 446 g/mol. The van der Waals surface area contributed by atoms with Crippen LogP contribution < -0.4 is 14.8 Å². The number of amides is 1. The van der Waals surface area contributed by atoms with Crippen molar-refractivity contribution in [3.8, 4) is 11.5 Å². The molecule has 7 heteroatoms. The van der Waals surface area contributed by atoms with Crippen molar-refractivity contribution in [2.75, 3.05) is 11.9 Å². The number of ether oxygens (including phenoxy) is 2. The predicted molar refractivity (Wildman–Crippen MR) is 126 cm³/mol. The van der Waals surface area contributed by atoms with Gasteiger partial charge in [0.25, 0.3) is 5.91 Å². The number of hydrogen-bond acceptors (Lipinski definition) is 5. The zero-order chi connectivity index (χ0) is 23.2. The Morgan fingerprint density at radius 1 is 1.00 bits per heavy atom. The van der Waals surface area contributed by atoms with Gasteiger partial charge in [-0.1, -0.05) is 12.1 Å². The minimum Gasteiger partial charge on any atom is -0.494 e. The lowest BCUT2D eigenvalue weighted by Gasteiger charge is -2.08. The van der Waals surface area contributed by atoms with Crippen molar-refractivity contribution < 1.29 is 18.7 Å². The number of aryl methyl sites for hydroxylation is 2. The Balaban J connectivity index is 1.34. The lowest BCUT2D eigenvalue weighted by atomic mass is 10.2. The van der Waals surface area contributed by atoms with E-state index in [1.165, 1.54) is 0 Å². The van der Waals surface area contributed by atoms with Gasteiger partial charge in [-0.3, -0.25) is 9.48 Å². The quantitative estimate of drug-likeness (QED) is 0.375. The van der Waals surface area contributed by atoms with Crippen LogP contribution in [0.1, 0.15) is 40.2 Å². The minimum atomic E-state index is -0.314. The van der Waals surface area contributed by atoms with Crippen LogP contribution in [0.3, 0.4) is 0 Å². The third kappa shape index (κ3) is 5.83. The molecule has 170 valence electrons. The van der Waals surface area contributed by atoms with Crippen molar-refractivity contribution in [1.29, 1.82) is 0 Å². The molecule has 4 aromatic rings. The van der Waals surface area contributed by atoms with E-state index < -0.39 is 0 Å². The van der Waals surface area contributed by atoms with Gasteiger partial charge < -0.3 is 19.2 Å². The van der Waals surface area contributed by atoms with Crippen molar-refractivity contribution in [1.82, 2.24) is 9.78 Å². The van der Waals surface area contributed by atoms with Gasteiger partial charge in [0.2, 0.25) is 0 Å². The zero-order valence-corrected chi connectivity index (χ0v) is 19.0. The van der Waals surface area contributed by atoms with Crippen molar-refractivity contribution in [2.24, 2.45) is 0 Å². The fourth-order valence-electron chi connectivity index (χ4n) is 3.48. The van der Waals surface area contributed by atoms with E-state index in [9.17, 15) is 4.79 Å². The molecule has 0 aliphatic rings. The Labute approximate surface area is 192 Å². The van der Waals surface area contributed by atoms with Crippen LogP contribution in [-0.4, -0.2) is 22.3 Å². The number of aromatic nitrogens is 2. The summed E-state index contributed by atoms with van der Waals surface area (Å²) in [5.41, 5.74) is 3.82. The Kier molecular flexibility index (Phi) is 6.78. The van der Waals surface area contributed by atoms with E-state index in [2.05, 4.69) is 10.4 Å². The van der Waals surface area contributed by atoms with E-state index in [-0.39, 0.29) is 18.3 Å². The smallest absolute Gasteiger partial charge is 0.291 e. The van der Waals surface area contributed by atoms with E-state index in [4.69, 9.17) is 13.9 Å². The first kappa shape index (κ1) is 22.2. The van der Waals surface area contributed by atoms with E-state index in [1.54, 1.807) is 12.1 Å². The van der Waals surface area contributed by atoms with E-state index >= 15 is 0 Å². The molecule has 7 nitrogen and oxygen atoms in total. The summed E-state index contributed by atoms with van der Waals surface area (Å²) in [6.07, 6.45) is 0. The van der Waals surface area contributed by atoms with Crippen LogP contribution >= 0.6 is 0 Å². The molecule has 33 heavy (non-hydrogen) atoms. The van der Waals surface area contributed by atoms with E-state index in [0.29, 0.717) is 30.3 Å². The summed E-state index contributed by atoms with van der Waals surface area (Å²) in [5, 5.41) is 7.39. The maximum Gasteiger partial charge on any atom is 0.291 e. The van der Waals surface area contributed by atoms with Gasteiger partial charge in [0.15, 0.2) is 5.76 Å². The number of anilines is 1. The van der Waals surface area contributed by atoms with Crippen molar-refractivity contribution in [3.63, 3.8) is 0 Å². The van der Waals surface area contributed by atoms with Crippen LogP contribution in [0.25, 0.3) is 0 Å². The van der Waals surface area contributed by atoms with Gasteiger partial charge in [-0.2, -0.15) is 5.10 Å². The second-order valence-corrected chi connectivity index (χ2v) is 7.70. The number of carbonyl (C=O) groups excluding carboxylic acids is 1. The topological polar surface area (TPSA) is 78.5 Å². The highest BCUT2D eigenvalue weighted by molar-refractivity contribution is 6.02. The highest BCUT2D eigenvalue weighted by Crippen LogP contribution is 2.20. The highest BCUT2D eigenvalue weighted by atomic mass is 16.5. The molecule has 0 aliphatic carbocycles. The summed E-state index contributed by atoms with van der Waals surface area (Å²) < 4.78 is 18.8. The number of nitrogens with zero attached hydrogens (tertiary/aromatic N) is 2. The molecule has 2 aromatic heterocycles. The summed E-state index contributed by atoms with van der Waals surface area (Å²) >= 11 is 0. The largest absolute Gasteiger partial charge is 0.494 e. The van der Waals surface area contributed by atoms with Crippen LogP contribution in [0.5, 0.6) is 11.5 Å². The summed E-state index contributed by atoms with van der Waals surface area (Å²) in [5.74, 6) is 1.96. The molecule has 0 bridgehead atoms. The van der Waals surface area contributed by atoms with Gasteiger partial charge in [-0.25, -0.2) is 0 Å². The SMILES string of the molecule is CCOc1ccc(OCc2ccc(C(=O)Nc3cccc(Cn4nc(C)cc4C)c3)o2)cc1. The molecule has 0 saturated heterocycles. The molecule has 0 atom stereocenters. The van der Waals surface area contributed by atoms with Gasteiger partial charge in [0.05, 0.1) is 18.8 Å². The molecule has 0 saturated carbocycles. The van der Waals surface area contributed by atoms with Crippen molar-refractivity contribution in [2.45, 2.75) is 33.9 Å². The highest BCUT2D eigenvalue weighted by Gasteiger charge is 2.13. The molecule has 1 N–H and O–H groups in total. The molecule has 0 unspecified atom stereocenters. The van der Waals surface area contributed by atoms with Crippen LogP contribution in [0.15, 0.2) is 71.1 Å². The monoisotopic (exact) mass is 445 g/mol. The standard InChI is InChI=1S/C26H27N3O4/c1-4-31-22-8-10-23(11-9-22)32-17-24-12-13-25(33-24)26(30)27-21-7-5-6-20(15-21)16-29-19(3)14-18(2)28-29/h5-15H,4,16-17H2,1-3H3,(H,27,30). The summed E-state index contributed by atoms with van der Waals surface area (Å²) in [4.78, 5) is 12.7. The Morgan fingerprint density at radius 3 is 2.45 bits per heavy atom. The molecular weight excluding hydrogens is 418 g/mol. The second kappa shape index (κ2) is 10.1. The van der Waals surface area contributed by atoms with Crippen LogP contribution in [0.2, 0.25) is 0 Å². The van der Waals surface area contributed by atoms with Gasteiger partial charge in [-0.15, -0.1) is 0 Å². The average Bonchev–Trinajstić information content (AvgIpc) is 3.40. The number of hydrogen-bond donors (Lipinski definition) is 1. The number of carbonyl (C=O) groups is 1. The lowest BCUT2D eigenvalue weighted by Crippen LogP contribution is -2.11. The Bertz CT molecular complexity index is 1220. The normalized spacial score (nSPS) is 10.8. The van der Waals surface area contributed by atoms with Crippen molar-refractivity contribution in [3.05, 3.63) is 95.2 Å². The fourth-order valence-corrected chi connectivity index (χ4v) is 3.48. The summed E-state index contributed by atoms with van der Waals surface area (Å²) in [7, 11) is 0. The van der Waals surface area contributed by atoms with Crippen LogP contribution in [0.4, 0.5) is 5.69 Å². The van der Waals surface area contributed by atoms with Crippen LogP contribution in [0, 0.1) is 13.8 Å². The molecule has 2 heterocycles. The molecule has 0 spiro atoms. The third-order valence-corrected chi connectivity index (χ3v) is 5.02. The number of furan rings is 1. The zero-order valence-electron chi connectivity index (χ0n) is 19.0. The Hall–Kier alpha value is -4.00. The van der Waals surface area contributed by atoms with E-state index in [0.717, 1.165) is 22.7 Å². The maximum absolute atomic E-state index is 12.7. The molecule has 1 amide bonds. The predicted octanol–water partition coefficient (Wildman–Crippen LogP) is 5.37. The molecule has 0 fully saturated rings. The first-order valence-corrected chi connectivity index (χ1v) is 10.9. The molecule has 0 radical (unpaired) electrons. The van der Waals surface area contributed by atoms with Gasteiger partial charge in [-0.05, 0) is 80.9 Å². The van der Waals surface area contributed by atoms with E-state index in [1.807, 2.05) is 80.1 Å². The molecular formula is C26H27N3O4. The van der Waals surface area contributed by atoms with Gasteiger partial charge in [0, 0.05) is 11.4 Å². The molecule has 0 aliphatic heterocycles. The molecule has 4 rings (SSSR count). The van der Waals surface area contributed by atoms with Crippen LogP contribution in [-0.2, 0) is 13.2 Å². The van der Waals surface area contributed by atoms with Gasteiger partial charge in [0.1, 0.15) is 23.9 Å². The minimum absolute atomic E-state index is 0.222. The second-order valence-electron chi connectivity index (χ2n) is 7.70. The third-order valence-electron chi connectivity index (χ3n) is 5.02. The van der Waals surface area contributed by atoms with Crippen molar-refractivity contribution >= 4 is 11.6 Å². The van der Waals surface area contributed by atoms with Gasteiger partial charge >= 0.3 is 0 Å². The maximum atomic E-state index is 12.7. The number of nitrogens with one attached hydrogen (secondary N) is 1. The summed E-state index contributed by atoms with van der Waals surface area (Å²) in [6.45, 7) is 7.41. The first-order valence-electron chi connectivity index (χ1n) is 10.9. The summed E-state index contributed by atoms with van der Waals surface area (Å²) in [6, 6.07) is 20.5. The number of benzene rings is 2. The molecule has 2 aromatic carbocycles.